The first-order valence-corrected chi connectivity index (χ1v) is 11.6. The second-order valence-electron chi connectivity index (χ2n) is 8.13. The molecule has 36 heavy (non-hydrogen) atoms. The van der Waals surface area contributed by atoms with Gasteiger partial charge in [-0.1, -0.05) is 0 Å². The van der Waals surface area contributed by atoms with Gasteiger partial charge >= 0.3 is 0 Å². The molecule has 1 aliphatic rings. The van der Waals surface area contributed by atoms with Crippen molar-refractivity contribution in [2.24, 2.45) is 0 Å². The van der Waals surface area contributed by atoms with Crippen molar-refractivity contribution in [3.05, 3.63) is 76.2 Å². The lowest BCUT2D eigenvalue weighted by molar-refractivity contribution is -0.121. The van der Waals surface area contributed by atoms with Crippen molar-refractivity contribution in [1.82, 2.24) is 4.57 Å². The number of anilines is 1. The fourth-order valence-corrected chi connectivity index (χ4v) is 3.95. The summed E-state index contributed by atoms with van der Waals surface area (Å²) in [6.45, 7) is 4.59. The summed E-state index contributed by atoms with van der Waals surface area (Å²) < 4.78 is 23.9. The molecule has 1 aliphatic heterocycles. The average molecular weight is 493 g/mol. The number of nitrogens with zero attached hydrogens (tertiary/aromatic N) is 2. The van der Waals surface area contributed by atoms with Gasteiger partial charge in [0.15, 0.2) is 24.7 Å². The number of likely N-dealkylation sites (N-methyl/N-ethyl adjacent to an activating group) is 1. The number of amides is 1. The lowest BCUT2D eigenvalue weighted by Crippen LogP contribution is -2.38. The topological polar surface area (TPSA) is 96.3 Å². The van der Waals surface area contributed by atoms with Crippen LogP contribution in [0.25, 0.3) is 0 Å². The second kappa shape index (κ2) is 11.0. The Hall–Kier alpha value is -4.27. The summed E-state index contributed by atoms with van der Waals surface area (Å²) in [6, 6.07) is 13.6. The number of ketones is 1. The Bertz CT molecular complexity index is 1310. The maximum Gasteiger partial charge on any atom is 0.265 e. The summed E-state index contributed by atoms with van der Waals surface area (Å²) in [6.07, 6.45) is 1.67. The predicted octanol–water partition coefficient (Wildman–Crippen LogP) is 3.25. The van der Waals surface area contributed by atoms with Crippen LogP contribution in [0.2, 0.25) is 0 Å². The third kappa shape index (κ3) is 5.35. The van der Waals surface area contributed by atoms with Gasteiger partial charge in [0, 0.05) is 24.4 Å². The van der Waals surface area contributed by atoms with Crippen molar-refractivity contribution >= 4 is 17.4 Å². The number of carbonyl (C=O) groups is 2. The summed E-state index contributed by atoms with van der Waals surface area (Å²) in [7, 11) is 1.60. The molecule has 0 radical (unpaired) electrons. The van der Waals surface area contributed by atoms with Crippen molar-refractivity contribution in [3.8, 4) is 23.0 Å². The van der Waals surface area contributed by atoms with E-state index in [9.17, 15) is 14.4 Å². The summed E-state index contributed by atoms with van der Waals surface area (Å²) in [4.78, 5) is 39.0. The Morgan fingerprint density at radius 2 is 1.78 bits per heavy atom. The van der Waals surface area contributed by atoms with Crippen molar-refractivity contribution in [2.45, 2.75) is 20.4 Å². The van der Waals surface area contributed by atoms with Crippen molar-refractivity contribution in [3.63, 3.8) is 0 Å². The van der Waals surface area contributed by atoms with Crippen LogP contribution in [-0.4, -0.2) is 49.7 Å². The molecule has 0 unspecified atom stereocenters. The third-order valence-corrected chi connectivity index (χ3v) is 5.94. The van der Waals surface area contributed by atoms with E-state index in [1.165, 1.54) is 6.07 Å². The number of Topliss-reactive ketones (excluding diaryl/α,β-unsaturated/α-hetero) is 1. The smallest absolute Gasteiger partial charge is 0.265 e. The predicted molar refractivity (Wildman–Crippen MR) is 134 cm³/mol. The SMILES string of the molecule is CCN1C(=O)COc2ccc(C(=O)COc3c(C)n(CCOc4ccc(OC)cc4)ccc3=O)cc21. The number of hydrogen-bond donors (Lipinski definition) is 0. The van der Waals surface area contributed by atoms with E-state index in [1.54, 1.807) is 43.3 Å². The van der Waals surface area contributed by atoms with Crippen molar-refractivity contribution in [2.75, 3.05) is 38.4 Å². The van der Waals surface area contributed by atoms with E-state index < -0.39 is 0 Å². The Balaban J connectivity index is 1.41. The minimum absolute atomic E-state index is 0.0259. The summed E-state index contributed by atoms with van der Waals surface area (Å²) in [5.41, 5.74) is 1.20. The number of aromatic nitrogens is 1. The number of benzene rings is 2. The van der Waals surface area contributed by atoms with E-state index in [4.69, 9.17) is 18.9 Å². The first kappa shape index (κ1) is 24.8. The zero-order valence-electron chi connectivity index (χ0n) is 20.5. The van der Waals surface area contributed by atoms with Crippen LogP contribution in [0.3, 0.4) is 0 Å². The van der Waals surface area contributed by atoms with Crippen LogP contribution in [-0.2, 0) is 11.3 Å². The Kier molecular flexibility index (Phi) is 7.58. The lowest BCUT2D eigenvalue weighted by atomic mass is 10.1. The molecular weight excluding hydrogens is 464 g/mol. The van der Waals surface area contributed by atoms with Crippen LogP contribution in [0.5, 0.6) is 23.0 Å². The maximum atomic E-state index is 12.9. The number of fused-ring (bicyclic) bond motifs is 1. The van der Waals surface area contributed by atoms with Gasteiger partial charge < -0.3 is 28.4 Å². The second-order valence-corrected chi connectivity index (χ2v) is 8.13. The molecule has 9 nitrogen and oxygen atoms in total. The van der Waals surface area contributed by atoms with E-state index in [2.05, 4.69) is 0 Å². The zero-order chi connectivity index (χ0) is 25.7. The molecule has 0 atom stereocenters. The van der Waals surface area contributed by atoms with E-state index in [0.717, 1.165) is 5.75 Å². The van der Waals surface area contributed by atoms with E-state index in [1.807, 2.05) is 35.8 Å². The van der Waals surface area contributed by atoms with Crippen LogP contribution in [0, 0.1) is 6.92 Å². The quantitative estimate of drug-likeness (QED) is 0.401. The molecule has 4 rings (SSSR count). The molecule has 0 N–H and O–H groups in total. The Morgan fingerprint density at radius 1 is 1.03 bits per heavy atom. The van der Waals surface area contributed by atoms with Crippen LogP contribution < -0.4 is 29.3 Å². The van der Waals surface area contributed by atoms with Gasteiger partial charge in [0.2, 0.25) is 5.43 Å². The number of ether oxygens (including phenoxy) is 4. The molecule has 9 heteroatoms. The van der Waals surface area contributed by atoms with Crippen LogP contribution in [0.15, 0.2) is 59.5 Å². The number of rotatable bonds is 10. The molecule has 0 saturated heterocycles. The fourth-order valence-electron chi connectivity index (χ4n) is 3.95. The summed E-state index contributed by atoms with van der Waals surface area (Å²) in [5, 5.41) is 0. The van der Waals surface area contributed by atoms with Crippen molar-refractivity contribution in [1.29, 1.82) is 0 Å². The number of hydrogen-bond acceptors (Lipinski definition) is 7. The molecule has 0 spiro atoms. The number of pyridine rings is 1. The van der Waals surface area contributed by atoms with Gasteiger partial charge in [-0.3, -0.25) is 14.4 Å². The van der Waals surface area contributed by atoms with Crippen LogP contribution in [0.1, 0.15) is 23.0 Å². The Labute approximate surface area is 208 Å². The van der Waals surface area contributed by atoms with Gasteiger partial charge in [-0.15, -0.1) is 0 Å². The minimum Gasteiger partial charge on any atom is -0.497 e. The van der Waals surface area contributed by atoms with Gasteiger partial charge in [-0.25, -0.2) is 0 Å². The van der Waals surface area contributed by atoms with Crippen LogP contribution in [0.4, 0.5) is 5.69 Å². The highest BCUT2D eigenvalue weighted by molar-refractivity contribution is 6.02. The van der Waals surface area contributed by atoms with Gasteiger partial charge in [0.1, 0.15) is 23.9 Å². The van der Waals surface area contributed by atoms with Gasteiger partial charge in [0.25, 0.3) is 5.91 Å². The molecule has 0 saturated carbocycles. The van der Waals surface area contributed by atoms with Crippen molar-refractivity contribution < 1.29 is 28.5 Å². The largest absolute Gasteiger partial charge is 0.497 e. The first-order chi connectivity index (χ1) is 17.4. The molecule has 1 aromatic heterocycles. The molecular formula is C27H28N2O7. The molecule has 2 heterocycles. The van der Waals surface area contributed by atoms with E-state index >= 15 is 0 Å². The summed E-state index contributed by atoms with van der Waals surface area (Å²) >= 11 is 0. The zero-order valence-corrected chi connectivity index (χ0v) is 20.5. The average Bonchev–Trinajstić information content (AvgIpc) is 2.89. The molecule has 1 amide bonds. The molecule has 188 valence electrons. The highest BCUT2D eigenvalue weighted by atomic mass is 16.5. The maximum absolute atomic E-state index is 12.9. The lowest BCUT2D eigenvalue weighted by Gasteiger charge is -2.28. The van der Waals surface area contributed by atoms with Gasteiger partial charge in [0.05, 0.1) is 25.0 Å². The number of carbonyl (C=O) groups excluding carboxylic acids is 2. The highest BCUT2D eigenvalue weighted by Gasteiger charge is 2.25. The third-order valence-electron chi connectivity index (χ3n) is 5.94. The number of methoxy groups -OCH3 is 1. The van der Waals surface area contributed by atoms with Gasteiger partial charge in [-0.2, -0.15) is 0 Å². The first-order valence-electron chi connectivity index (χ1n) is 11.6. The van der Waals surface area contributed by atoms with Gasteiger partial charge in [-0.05, 0) is 56.3 Å². The standard InChI is InChI=1S/C27H28N2O7/c1-4-29-22-15-19(5-10-25(22)35-17-26(29)32)24(31)16-36-27-18(2)28(12-11-23(27)30)13-14-34-21-8-6-20(33-3)7-9-21/h5-12,15H,4,13-14,16-17H2,1-3H3. The van der Waals surface area contributed by atoms with Crippen LogP contribution >= 0.6 is 0 Å². The highest BCUT2D eigenvalue weighted by Crippen LogP contribution is 2.33. The van der Waals surface area contributed by atoms with E-state index in [-0.39, 0.29) is 36.1 Å². The molecule has 0 aliphatic carbocycles. The molecule has 0 fully saturated rings. The normalized spacial score (nSPS) is 12.5. The Morgan fingerprint density at radius 3 is 2.50 bits per heavy atom. The summed E-state index contributed by atoms with van der Waals surface area (Å²) in [5.74, 6) is 1.63. The fraction of sp³-hybridized carbons (Fsp3) is 0.296. The minimum atomic E-state index is -0.317. The molecule has 2 aromatic carbocycles. The molecule has 0 bridgehead atoms. The van der Waals surface area contributed by atoms with E-state index in [0.29, 0.717) is 48.1 Å². The molecule has 3 aromatic rings. The monoisotopic (exact) mass is 492 g/mol.